The van der Waals surface area contributed by atoms with Crippen LogP contribution in [-0.4, -0.2) is 6.04 Å². The maximum Gasteiger partial charge on any atom is 0.0465 e. The molecule has 0 aliphatic heterocycles. The summed E-state index contributed by atoms with van der Waals surface area (Å²) in [5.41, 5.74) is 1.09. The third-order valence-corrected chi connectivity index (χ3v) is 3.22. The van der Waals surface area contributed by atoms with Gasteiger partial charge >= 0.3 is 0 Å². The van der Waals surface area contributed by atoms with E-state index >= 15 is 0 Å². The van der Waals surface area contributed by atoms with Crippen molar-refractivity contribution in [2.24, 2.45) is 5.92 Å². The first kappa shape index (κ1) is 12.8. The highest BCUT2D eigenvalue weighted by Crippen LogP contribution is 2.21. The summed E-state index contributed by atoms with van der Waals surface area (Å²) >= 11 is 11.9. The summed E-state index contributed by atoms with van der Waals surface area (Å²) in [4.78, 5) is 0. The zero-order valence-corrected chi connectivity index (χ0v) is 10.9. The third kappa shape index (κ3) is 4.02. The molecule has 0 saturated heterocycles. The van der Waals surface area contributed by atoms with Crippen molar-refractivity contribution in [3.8, 4) is 0 Å². The zero-order valence-electron chi connectivity index (χ0n) is 9.35. The Labute approximate surface area is 102 Å². The van der Waals surface area contributed by atoms with Crippen LogP contribution < -0.4 is 5.32 Å². The van der Waals surface area contributed by atoms with E-state index in [0.29, 0.717) is 17.0 Å². The molecule has 1 aromatic carbocycles. The fourth-order valence-corrected chi connectivity index (χ4v) is 1.65. The van der Waals surface area contributed by atoms with E-state index in [9.17, 15) is 0 Å². The highest BCUT2D eigenvalue weighted by molar-refractivity contribution is 6.35. The number of benzene rings is 1. The second kappa shape index (κ2) is 5.74. The van der Waals surface area contributed by atoms with Gasteiger partial charge in [0.2, 0.25) is 0 Å². The van der Waals surface area contributed by atoms with Crippen molar-refractivity contribution < 1.29 is 0 Å². The lowest BCUT2D eigenvalue weighted by Crippen LogP contribution is -2.30. The summed E-state index contributed by atoms with van der Waals surface area (Å²) in [6.07, 6.45) is 0. The highest BCUT2D eigenvalue weighted by atomic mass is 35.5. The number of halogens is 2. The van der Waals surface area contributed by atoms with Gasteiger partial charge in [0, 0.05) is 22.6 Å². The number of hydrogen-bond donors (Lipinski definition) is 1. The molecule has 0 aromatic heterocycles. The molecule has 1 atom stereocenters. The molecule has 84 valence electrons. The van der Waals surface area contributed by atoms with Gasteiger partial charge in [0.25, 0.3) is 0 Å². The first-order chi connectivity index (χ1) is 7.00. The zero-order chi connectivity index (χ0) is 11.4. The minimum Gasteiger partial charge on any atom is -0.310 e. The Morgan fingerprint density at radius 3 is 2.40 bits per heavy atom. The second-order valence-electron chi connectivity index (χ2n) is 4.15. The van der Waals surface area contributed by atoms with Crippen LogP contribution in [0.4, 0.5) is 0 Å². The Bertz CT molecular complexity index is 323. The van der Waals surface area contributed by atoms with E-state index in [1.54, 1.807) is 6.07 Å². The van der Waals surface area contributed by atoms with Crippen LogP contribution in [-0.2, 0) is 6.54 Å². The van der Waals surface area contributed by atoms with Crippen LogP contribution in [0.15, 0.2) is 18.2 Å². The molecule has 0 radical (unpaired) electrons. The Kier molecular flexibility index (Phi) is 4.91. The van der Waals surface area contributed by atoms with Gasteiger partial charge in [0.05, 0.1) is 0 Å². The molecule has 3 heteroatoms. The van der Waals surface area contributed by atoms with Gasteiger partial charge in [-0.1, -0.05) is 43.1 Å². The van der Waals surface area contributed by atoms with Crippen molar-refractivity contribution in [1.29, 1.82) is 0 Å². The topological polar surface area (TPSA) is 12.0 Å². The number of rotatable bonds is 4. The first-order valence-electron chi connectivity index (χ1n) is 5.18. The van der Waals surface area contributed by atoms with Gasteiger partial charge in [-0.25, -0.2) is 0 Å². The maximum atomic E-state index is 6.07. The van der Waals surface area contributed by atoms with Gasteiger partial charge in [-0.3, -0.25) is 0 Å². The summed E-state index contributed by atoms with van der Waals surface area (Å²) in [6, 6.07) is 6.09. The molecule has 0 bridgehead atoms. The summed E-state index contributed by atoms with van der Waals surface area (Å²) in [5, 5.41) is 4.84. The molecule has 0 amide bonds. The lowest BCUT2D eigenvalue weighted by molar-refractivity contribution is 0.426. The minimum atomic E-state index is 0.483. The minimum absolute atomic E-state index is 0.483. The van der Waals surface area contributed by atoms with Gasteiger partial charge in [0.1, 0.15) is 0 Å². The molecule has 0 spiro atoms. The van der Waals surface area contributed by atoms with Gasteiger partial charge in [-0.15, -0.1) is 0 Å². The Balaban J connectivity index is 2.58. The van der Waals surface area contributed by atoms with Crippen molar-refractivity contribution in [3.05, 3.63) is 33.8 Å². The van der Waals surface area contributed by atoms with Gasteiger partial charge in [-0.2, -0.15) is 0 Å². The van der Waals surface area contributed by atoms with Crippen LogP contribution >= 0.6 is 23.2 Å². The fraction of sp³-hybridized carbons (Fsp3) is 0.500. The molecular formula is C12H17Cl2N. The average Bonchev–Trinajstić information content (AvgIpc) is 2.15. The smallest absolute Gasteiger partial charge is 0.0465 e. The Hall–Kier alpha value is -0.240. The van der Waals surface area contributed by atoms with E-state index in [-0.39, 0.29) is 0 Å². The lowest BCUT2D eigenvalue weighted by Gasteiger charge is -2.17. The molecule has 0 saturated carbocycles. The van der Waals surface area contributed by atoms with Gasteiger partial charge in [0.15, 0.2) is 0 Å². The number of nitrogens with one attached hydrogen (secondary N) is 1. The highest BCUT2D eigenvalue weighted by Gasteiger charge is 2.07. The van der Waals surface area contributed by atoms with Crippen LogP contribution in [0.25, 0.3) is 0 Å². The SMILES string of the molecule is CC(C)[C@H](C)NCc1ccc(Cl)cc1Cl. The predicted octanol–water partition coefficient (Wildman–Crippen LogP) is 4.13. The van der Waals surface area contributed by atoms with Crippen molar-refractivity contribution in [1.82, 2.24) is 5.32 Å². The second-order valence-corrected chi connectivity index (χ2v) is 4.99. The molecule has 15 heavy (non-hydrogen) atoms. The normalized spacial score (nSPS) is 13.2. The molecule has 0 aliphatic carbocycles. The molecule has 1 N–H and O–H groups in total. The average molecular weight is 246 g/mol. The van der Waals surface area contributed by atoms with E-state index in [1.807, 2.05) is 12.1 Å². The van der Waals surface area contributed by atoms with Crippen molar-refractivity contribution in [3.63, 3.8) is 0 Å². The summed E-state index contributed by atoms with van der Waals surface area (Å²) in [6.45, 7) is 7.35. The summed E-state index contributed by atoms with van der Waals surface area (Å²) < 4.78 is 0. The van der Waals surface area contributed by atoms with E-state index in [2.05, 4.69) is 26.1 Å². The van der Waals surface area contributed by atoms with Crippen LogP contribution in [0.2, 0.25) is 10.0 Å². The van der Waals surface area contributed by atoms with Crippen molar-refractivity contribution >= 4 is 23.2 Å². The molecule has 1 rings (SSSR count). The Morgan fingerprint density at radius 2 is 1.87 bits per heavy atom. The largest absolute Gasteiger partial charge is 0.310 e. The third-order valence-electron chi connectivity index (χ3n) is 2.63. The van der Waals surface area contributed by atoms with Crippen LogP contribution in [0.3, 0.4) is 0 Å². The van der Waals surface area contributed by atoms with E-state index < -0.39 is 0 Å². The van der Waals surface area contributed by atoms with Crippen molar-refractivity contribution in [2.45, 2.75) is 33.4 Å². The van der Waals surface area contributed by atoms with E-state index in [1.165, 1.54) is 0 Å². The van der Waals surface area contributed by atoms with Crippen LogP contribution in [0.1, 0.15) is 26.3 Å². The number of hydrogen-bond acceptors (Lipinski definition) is 1. The predicted molar refractivity (Wildman–Crippen MR) is 67.6 cm³/mol. The van der Waals surface area contributed by atoms with Gasteiger partial charge in [-0.05, 0) is 30.5 Å². The maximum absolute atomic E-state index is 6.07. The molecule has 0 unspecified atom stereocenters. The monoisotopic (exact) mass is 245 g/mol. The Morgan fingerprint density at radius 1 is 1.20 bits per heavy atom. The van der Waals surface area contributed by atoms with E-state index in [0.717, 1.165) is 17.1 Å². The molecule has 1 nitrogen and oxygen atoms in total. The quantitative estimate of drug-likeness (QED) is 0.842. The standard InChI is InChI=1S/C12H17Cl2N/c1-8(2)9(3)15-7-10-4-5-11(13)6-12(10)14/h4-6,8-9,15H,7H2,1-3H3/t9-/m0/s1. The molecule has 0 fully saturated rings. The first-order valence-corrected chi connectivity index (χ1v) is 5.93. The molecule has 0 aliphatic rings. The summed E-state index contributed by atoms with van der Waals surface area (Å²) in [5.74, 6) is 0.621. The molecule has 1 aromatic rings. The molecular weight excluding hydrogens is 229 g/mol. The van der Waals surface area contributed by atoms with Crippen molar-refractivity contribution in [2.75, 3.05) is 0 Å². The van der Waals surface area contributed by atoms with E-state index in [4.69, 9.17) is 23.2 Å². The fourth-order valence-electron chi connectivity index (χ4n) is 1.17. The van der Waals surface area contributed by atoms with Gasteiger partial charge < -0.3 is 5.32 Å². The van der Waals surface area contributed by atoms with Crippen LogP contribution in [0.5, 0.6) is 0 Å². The van der Waals surface area contributed by atoms with Crippen LogP contribution in [0, 0.1) is 5.92 Å². The summed E-state index contributed by atoms with van der Waals surface area (Å²) in [7, 11) is 0. The lowest BCUT2D eigenvalue weighted by atomic mass is 10.1. The molecule has 0 heterocycles.